The van der Waals surface area contributed by atoms with E-state index < -0.39 is 0 Å². The van der Waals surface area contributed by atoms with E-state index in [-0.39, 0.29) is 0 Å². The van der Waals surface area contributed by atoms with Gasteiger partial charge in [0.15, 0.2) is 0 Å². The van der Waals surface area contributed by atoms with Crippen molar-refractivity contribution < 1.29 is 4.74 Å². The highest BCUT2D eigenvalue weighted by Gasteiger charge is 2.13. The van der Waals surface area contributed by atoms with Crippen LogP contribution in [0.15, 0.2) is 30.3 Å². The molecule has 1 heterocycles. The zero-order valence-corrected chi connectivity index (χ0v) is 13.1. The summed E-state index contributed by atoms with van der Waals surface area (Å²) in [5.74, 6) is 3.34. The lowest BCUT2D eigenvalue weighted by atomic mass is 10.2. The number of aryl methyl sites for hydroxylation is 1. The molecule has 112 valence electrons. The molecule has 0 aliphatic heterocycles. The molecule has 5 nitrogen and oxygen atoms in total. The van der Waals surface area contributed by atoms with Gasteiger partial charge >= 0.3 is 0 Å². The fraction of sp³-hybridized carbons (Fsp3) is 0.375. The molecule has 0 saturated carbocycles. The van der Waals surface area contributed by atoms with Crippen molar-refractivity contribution in [3.05, 3.63) is 36.2 Å². The van der Waals surface area contributed by atoms with Gasteiger partial charge in [-0.25, -0.2) is 9.97 Å². The standard InChI is InChI=1S/C16H22N4O/c1-5-8-14-18-15(17-2)11-16(19-14)20(3)12-9-6-7-10-13(12)21-4/h6-7,9-11H,5,8H2,1-4H3,(H,17,18,19). The van der Waals surface area contributed by atoms with E-state index in [1.807, 2.05) is 49.3 Å². The van der Waals surface area contributed by atoms with Gasteiger partial charge in [0, 0.05) is 26.6 Å². The molecule has 21 heavy (non-hydrogen) atoms. The minimum atomic E-state index is 0.821. The molecule has 0 saturated heterocycles. The Morgan fingerprint density at radius 1 is 1.24 bits per heavy atom. The number of aromatic nitrogens is 2. The molecule has 0 fully saturated rings. The molecule has 0 bridgehead atoms. The van der Waals surface area contributed by atoms with Crippen LogP contribution in [0.4, 0.5) is 17.3 Å². The zero-order valence-electron chi connectivity index (χ0n) is 13.1. The van der Waals surface area contributed by atoms with Gasteiger partial charge in [0.2, 0.25) is 0 Å². The normalized spacial score (nSPS) is 10.3. The zero-order chi connectivity index (χ0) is 15.2. The highest BCUT2D eigenvalue weighted by Crippen LogP contribution is 2.31. The highest BCUT2D eigenvalue weighted by atomic mass is 16.5. The molecule has 1 aromatic carbocycles. The first-order valence-electron chi connectivity index (χ1n) is 7.12. The third-order valence-corrected chi connectivity index (χ3v) is 3.28. The van der Waals surface area contributed by atoms with Crippen LogP contribution >= 0.6 is 0 Å². The van der Waals surface area contributed by atoms with Crippen molar-refractivity contribution in [2.24, 2.45) is 0 Å². The Labute approximate surface area is 126 Å². The first kappa shape index (κ1) is 15.1. The van der Waals surface area contributed by atoms with Crippen LogP contribution in [0.1, 0.15) is 19.2 Å². The van der Waals surface area contributed by atoms with Gasteiger partial charge in [-0.2, -0.15) is 0 Å². The fourth-order valence-electron chi connectivity index (χ4n) is 2.15. The molecule has 0 atom stereocenters. The largest absolute Gasteiger partial charge is 0.495 e. The summed E-state index contributed by atoms with van der Waals surface area (Å²) >= 11 is 0. The third kappa shape index (κ3) is 3.42. The van der Waals surface area contributed by atoms with Gasteiger partial charge in [-0.3, -0.25) is 0 Å². The Morgan fingerprint density at radius 3 is 2.67 bits per heavy atom. The summed E-state index contributed by atoms with van der Waals surface area (Å²) in [5, 5.41) is 3.09. The van der Waals surface area contributed by atoms with Crippen LogP contribution in [-0.2, 0) is 6.42 Å². The van der Waals surface area contributed by atoms with Gasteiger partial charge in [0.1, 0.15) is 23.2 Å². The summed E-state index contributed by atoms with van der Waals surface area (Å²) < 4.78 is 5.42. The Bertz CT molecular complexity index is 601. The number of benzene rings is 1. The molecular formula is C16H22N4O. The number of nitrogens with one attached hydrogen (secondary N) is 1. The molecule has 2 rings (SSSR count). The number of hydrogen-bond acceptors (Lipinski definition) is 5. The molecule has 0 radical (unpaired) electrons. The second-order valence-corrected chi connectivity index (χ2v) is 4.76. The van der Waals surface area contributed by atoms with Crippen molar-refractivity contribution in [1.29, 1.82) is 0 Å². The van der Waals surface area contributed by atoms with E-state index in [9.17, 15) is 0 Å². The highest BCUT2D eigenvalue weighted by molar-refractivity contribution is 5.67. The van der Waals surface area contributed by atoms with Crippen molar-refractivity contribution >= 4 is 17.3 Å². The van der Waals surface area contributed by atoms with Crippen LogP contribution in [0.3, 0.4) is 0 Å². The Hall–Kier alpha value is -2.30. The van der Waals surface area contributed by atoms with Gasteiger partial charge in [0.25, 0.3) is 0 Å². The average molecular weight is 286 g/mol. The molecule has 1 N–H and O–H groups in total. The van der Waals surface area contributed by atoms with Gasteiger partial charge < -0.3 is 15.0 Å². The molecule has 0 unspecified atom stereocenters. The number of rotatable bonds is 6. The smallest absolute Gasteiger partial charge is 0.142 e. The Kier molecular flexibility index (Phi) is 4.98. The molecule has 0 aliphatic rings. The molecule has 2 aromatic rings. The topological polar surface area (TPSA) is 50.3 Å². The molecule has 0 amide bonds. The van der Waals surface area contributed by atoms with Gasteiger partial charge in [-0.15, -0.1) is 0 Å². The maximum absolute atomic E-state index is 5.42. The first-order chi connectivity index (χ1) is 10.2. The van der Waals surface area contributed by atoms with Crippen molar-refractivity contribution in [3.8, 4) is 5.75 Å². The monoisotopic (exact) mass is 286 g/mol. The van der Waals surface area contributed by atoms with E-state index in [0.717, 1.165) is 41.7 Å². The van der Waals surface area contributed by atoms with Crippen molar-refractivity contribution in [1.82, 2.24) is 9.97 Å². The number of hydrogen-bond donors (Lipinski definition) is 1. The summed E-state index contributed by atoms with van der Waals surface area (Å²) in [6.45, 7) is 2.12. The van der Waals surface area contributed by atoms with E-state index >= 15 is 0 Å². The van der Waals surface area contributed by atoms with Crippen LogP contribution in [-0.4, -0.2) is 31.2 Å². The van der Waals surface area contributed by atoms with Crippen LogP contribution in [0.25, 0.3) is 0 Å². The minimum absolute atomic E-state index is 0.821. The number of ether oxygens (including phenoxy) is 1. The predicted octanol–water partition coefficient (Wildman–Crippen LogP) is 3.25. The molecule has 5 heteroatoms. The van der Waals surface area contributed by atoms with Crippen molar-refractivity contribution in [2.75, 3.05) is 31.4 Å². The van der Waals surface area contributed by atoms with Crippen molar-refractivity contribution in [3.63, 3.8) is 0 Å². The second kappa shape index (κ2) is 6.92. The molecule has 1 aromatic heterocycles. The van der Waals surface area contributed by atoms with Crippen molar-refractivity contribution in [2.45, 2.75) is 19.8 Å². The Morgan fingerprint density at radius 2 is 2.00 bits per heavy atom. The van der Waals surface area contributed by atoms with E-state index in [4.69, 9.17) is 4.74 Å². The molecule has 0 aliphatic carbocycles. The number of nitrogens with zero attached hydrogens (tertiary/aromatic N) is 3. The van der Waals surface area contributed by atoms with Crippen LogP contribution in [0.5, 0.6) is 5.75 Å². The lowest BCUT2D eigenvalue weighted by Crippen LogP contribution is -2.14. The average Bonchev–Trinajstić information content (AvgIpc) is 2.54. The van der Waals surface area contributed by atoms with Crippen LogP contribution in [0.2, 0.25) is 0 Å². The Balaban J connectivity index is 2.42. The summed E-state index contributed by atoms with van der Waals surface area (Å²) in [4.78, 5) is 11.1. The summed E-state index contributed by atoms with van der Waals surface area (Å²) in [5.41, 5.74) is 0.975. The predicted molar refractivity (Wildman–Crippen MR) is 86.6 cm³/mol. The summed E-state index contributed by atoms with van der Waals surface area (Å²) in [6, 6.07) is 9.84. The van der Waals surface area contributed by atoms with Crippen LogP contribution < -0.4 is 15.0 Å². The minimum Gasteiger partial charge on any atom is -0.495 e. The SMILES string of the molecule is CCCc1nc(NC)cc(N(C)c2ccccc2OC)n1. The van der Waals surface area contributed by atoms with Gasteiger partial charge in [-0.05, 0) is 18.6 Å². The second-order valence-electron chi connectivity index (χ2n) is 4.76. The van der Waals surface area contributed by atoms with Crippen LogP contribution in [0, 0.1) is 0 Å². The molecular weight excluding hydrogens is 264 g/mol. The lowest BCUT2D eigenvalue weighted by Gasteiger charge is -2.21. The maximum Gasteiger partial charge on any atom is 0.142 e. The van der Waals surface area contributed by atoms with E-state index in [1.54, 1.807) is 7.11 Å². The van der Waals surface area contributed by atoms with E-state index in [2.05, 4.69) is 22.2 Å². The quantitative estimate of drug-likeness (QED) is 0.883. The number of anilines is 3. The van der Waals surface area contributed by atoms with Gasteiger partial charge in [-0.1, -0.05) is 19.1 Å². The summed E-state index contributed by atoms with van der Waals surface area (Å²) in [6.07, 6.45) is 1.88. The summed E-state index contributed by atoms with van der Waals surface area (Å²) in [7, 11) is 5.52. The van der Waals surface area contributed by atoms with Gasteiger partial charge in [0.05, 0.1) is 12.8 Å². The first-order valence-corrected chi connectivity index (χ1v) is 7.12. The molecule has 0 spiro atoms. The lowest BCUT2D eigenvalue weighted by molar-refractivity contribution is 0.415. The van der Waals surface area contributed by atoms with E-state index in [1.165, 1.54) is 0 Å². The fourth-order valence-corrected chi connectivity index (χ4v) is 2.15. The van der Waals surface area contributed by atoms with E-state index in [0.29, 0.717) is 0 Å². The number of para-hydroxylation sites is 2. The number of methoxy groups -OCH3 is 1. The maximum atomic E-state index is 5.42. The third-order valence-electron chi connectivity index (χ3n) is 3.28.